The van der Waals surface area contributed by atoms with E-state index < -0.39 is 17.3 Å². The van der Waals surface area contributed by atoms with Crippen LogP contribution in [-0.4, -0.2) is 38.9 Å². The molecule has 2 atom stereocenters. The maximum Gasteiger partial charge on any atom is 0.312 e. The van der Waals surface area contributed by atoms with Crippen LogP contribution in [0.25, 0.3) is 0 Å². The molecular weight excluding hydrogens is 524 g/mol. The predicted molar refractivity (Wildman–Crippen MR) is 189 cm³/mol. The topological polar surface area (TPSA) is 61.8 Å². The highest BCUT2D eigenvalue weighted by Crippen LogP contribution is 2.30. The van der Waals surface area contributed by atoms with E-state index in [1.165, 1.54) is 5.56 Å². The maximum atomic E-state index is 12.5. The Balaban J connectivity index is -0.000000152. The standard InChI is InChI=1S/C23H36O5.7C2H6/c1-6-19(20-13-8-7-9-14-20)12-10-11-15-28-22(25)23(3,4)18(2)21(24)27-17-16-26-5;7*1-2/h7-9,13-14,18-19H,6,10-12,15-17H2,1-5H3;7*1-2H3. The quantitative estimate of drug-likeness (QED) is 0.166. The molecule has 0 saturated carbocycles. The second kappa shape index (κ2) is 48.8. The molecular formula is C37H78O5. The van der Waals surface area contributed by atoms with Crippen molar-refractivity contribution in [1.82, 2.24) is 0 Å². The lowest BCUT2D eigenvalue weighted by molar-refractivity contribution is -0.167. The van der Waals surface area contributed by atoms with Crippen molar-refractivity contribution in [1.29, 1.82) is 0 Å². The molecule has 1 aromatic carbocycles. The molecule has 0 radical (unpaired) electrons. The predicted octanol–water partition coefficient (Wildman–Crippen LogP) is 11.9. The van der Waals surface area contributed by atoms with Crippen LogP contribution in [-0.2, 0) is 23.8 Å². The Morgan fingerprint density at radius 2 is 1.14 bits per heavy atom. The number of rotatable bonds is 13. The minimum atomic E-state index is -0.930. The van der Waals surface area contributed by atoms with Crippen molar-refractivity contribution < 1.29 is 23.8 Å². The third kappa shape index (κ3) is 31.1. The molecule has 0 spiro atoms. The summed E-state index contributed by atoms with van der Waals surface area (Å²) >= 11 is 0. The number of unbranched alkanes of at least 4 members (excludes halogenated alkanes) is 1. The number of ether oxygens (including phenoxy) is 3. The second-order valence-corrected chi connectivity index (χ2v) is 7.75. The molecule has 0 saturated heterocycles. The van der Waals surface area contributed by atoms with E-state index in [-0.39, 0.29) is 12.6 Å². The van der Waals surface area contributed by atoms with Crippen LogP contribution in [0.15, 0.2) is 30.3 Å². The van der Waals surface area contributed by atoms with Crippen LogP contribution in [0.1, 0.15) is 162 Å². The molecule has 0 aliphatic rings. The van der Waals surface area contributed by atoms with E-state index in [0.29, 0.717) is 19.1 Å². The summed E-state index contributed by atoms with van der Waals surface area (Å²) in [6, 6.07) is 10.5. The van der Waals surface area contributed by atoms with Gasteiger partial charge in [-0.25, -0.2) is 0 Å². The molecule has 5 nitrogen and oxygen atoms in total. The zero-order valence-electron chi connectivity index (χ0n) is 32.0. The molecule has 0 N–H and O–H groups in total. The van der Waals surface area contributed by atoms with Crippen LogP contribution in [0.5, 0.6) is 0 Å². The van der Waals surface area contributed by atoms with Gasteiger partial charge in [0.1, 0.15) is 6.61 Å². The molecule has 0 aliphatic heterocycles. The smallest absolute Gasteiger partial charge is 0.312 e. The molecule has 0 fully saturated rings. The minimum Gasteiger partial charge on any atom is -0.465 e. The first kappa shape index (κ1) is 56.0. The third-order valence-corrected chi connectivity index (χ3v) is 5.44. The zero-order chi connectivity index (χ0) is 35.0. The van der Waals surface area contributed by atoms with Crippen molar-refractivity contribution >= 4 is 11.9 Å². The summed E-state index contributed by atoms with van der Waals surface area (Å²) in [6.45, 7) is 36.2. The average Bonchev–Trinajstić information content (AvgIpc) is 3.09. The molecule has 256 valence electrons. The van der Waals surface area contributed by atoms with Gasteiger partial charge in [-0.2, -0.15) is 0 Å². The first-order valence-corrected chi connectivity index (χ1v) is 17.2. The molecule has 0 amide bonds. The lowest BCUT2D eigenvalue weighted by atomic mass is 9.80. The highest BCUT2D eigenvalue weighted by atomic mass is 16.6. The number of hydrogen-bond acceptors (Lipinski definition) is 5. The molecule has 0 bridgehead atoms. The summed E-state index contributed by atoms with van der Waals surface area (Å²) in [5.41, 5.74) is 0.434. The van der Waals surface area contributed by atoms with Gasteiger partial charge in [-0.3, -0.25) is 9.59 Å². The van der Waals surface area contributed by atoms with Gasteiger partial charge in [-0.05, 0) is 51.0 Å². The Morgan fingerprint density at radius 3 is 1.55 bits per heavy atom. The Bertz CT molecular complexity index is 585. The van der Waals surface area contributed by atoms with Crippen molar-refractivity contribution in [3.63, 3.8) is 0 Å². The number of esters is 2. The molecule has 0 aliphatic carbocycles. The van der Waals surface area contributed by atoms with Gasteiger partial charge in [0.2, 0.25) is 0 Å². The van der Waals surface area contributed by atoms with Crippen molar-refractivity contribution in [3.05, 3.63) is 35.9 Å². The Hall–Kier alpha value is -1.88. The second-order valence-electron chi connectivity index (χ2n) is 7.75. The van der Waals surface area contributed by atoms with E-state index in [9.17, 15) is 9.59 Å². The van der Waals surface area contributed by atoms with Gasteiger partial charge in [0, 0.05) is 7.11 Å². The van der Waals surface area contributed by atoms with Gasteiger partial charge < -0.3 is 14.2 Å². The highest BCUT2D eigenvalue weighted by molar-refractivity contribution is 5.84. The molecule has 2 unspecified atom stereocenters. The summed E-state index contributed by atoms with van der Waals surface area (Å²) in [5.74, 6) is -0.818. The Morgan fingerprint density at radius 1 is 0.690 bits per heavy atom. The van der Waals surface area contributed by atoms with Crippen molar-refractivity contribution in [3.8, 4) is 0 Å². The highest BCUT2D eigenvalue weighted by Gasteiger charge is 2.40. The lowest BCUT2D eigenvalue weighted by Crippen LogP contribution is -2.38. The van der Waals surface area contributed by atoms with Gasteiger partial charge >= 0.3 is 11.9 Å². The molecule has 42 heavy (non-hydrogen) atoms. The number of methoxy groups -OCH3 is 1. The van der Waals surface area contributed by atoms with Crippen LogP contribution >= 0.6 is 0 Å². The van der Waals surface area contributed by atoms with Crippen LogP contribution in [0.2, 0.25) is 0 Å². The van der Waals surface area contributed by atoms with E-state index >= 15 is 0 Å². The van der Waals surface area contributed by atoms with E-state index in [1.54, 1.807) is 27.9 Å². The first-order valence-electron chi connectivity index (χ1n) is 17.2. The number of benzene rings is 1. The van der Waals surface area contributed by atoms with E-state index in [0.717, 1.165) is 25.7 Å². The van der Waals surface area contributed by atoms with E-state index in [4.69, 9.17) is 14.2 Å². The summed E-state index contributed by atoms with van der Waals surface area (Å²) < 4.78 is 15.5. The average molecular weight is 603 g/mol. The number of carbonyl (C=O) groups is 2. The Labute approximate surface area is 265 Å². The molecule has 0 heterocycles. The number of carbonyl (C=O) groups excluding carboxylic acids is 2. The van der Waals surface area contributed by atoms with E-state index in [2.05, 4.69) is 31.2 Å². The summed E-state index contributed by atoms with van der Waals surface area (Å²) in [5, 5.41) is 0. The fourth-order valence-corrected chi connectivity index (χ4v) is 3.00. The van der Waals surface area contributed by atoms with Crippen LogP contribution in [0, 0.1) is 11.3 Å². The monoisotopic (exact) mass is 603 g/mol. The van der Waals surface area contributed by atoms with Crippen molar-refractivity contribution in [2.24, 2.45) is 11.3 Å². The Kier molecular flexibility index (Phi) is 65.1. The summed E-state index contributed by atoms with van der Waals surface area (Å²) in [7, 11) is 1.54. The summed E-state index contributed by atoms with van der Waals surface area (Å²) in [4.78, 5) is 24.6. The van der Waals surface area contributed by atoms with Gasteiger partial charge in [0.25, 0.3) is 0 Å². The largest absolute Gasteiger partial charge is 0.465 e. The van der Waals surface area contributed by atoms with Crippen molar-refractivity contribution in [2.45, 2.75) is 156 Å². The van der Waals surface area contributed by atoms with Crippen molar-refractivity contribution in [2.75, 3.05) is 26.9 Å². The lowest BCUT2D eigenvalue weighted by Gasteiger charge is -2.28. The van der Waals surface area contributed by atoms with Crippen LogP contribution in [0.3, 0.4) is 0 Å². The van der Waals surface area contributed by atoms with Gasteiger partial charge in [-0.15, -0.1) is 0 Å². The fraction of sp³-hybridized carbons (Fsp3) is 0.784. The SMILES string of the molecule is CC.CC.CC.CC.CC.CC.CC.CCC(CCCCOC(=O)C(C)(C)C(C)C(=O)OCCOC)c1ccccc1. The first-order chi connectivity index (χ1) is 20.3. The van der Waals surface area contributed by atoms with Gasteiger partial charge in [0.05, 0.1) is 24.5 Å². The molecule has 0 aromatic heterocycles. The van der Waals surface area contributed by atoms with Gasteiger partial charge in [-0.1, -0.05) is 141 Å². The van der Waals surface area contributed by atoms with Crippen LogP contribution in [0.4, 0.5) is 0 Å². The van der Waals surface area contributed by atoms with Gasteiger partial charge in [0.15, 0.2) is 0 Å². The zero-order valence-corrected chi connectivity index (χ0v) is 32.0. The fourth-order valence-electron chi connectivity index (χ4n) is 3.00. The number of hydrogen-bond donors (Lipinski definition) is 0. The molecule has 5 heteroatoms. The minimum absolute atomic E-state index is 0.185. The third-order valence-electron chi connectivity index (χ3n) is 5.44. The summed E-state index contributed by atoms with van der Waals surface area (Å²) in [6.07, 6.45) is 3.98. The molecule has 1 rings (SSSR count). The van der Waals surface area contributed by atoms with Crippen LogP contribution < -0.4 is 0 Å². The maximum absolute atomic E-state index is 12.5. The van der Waals surface area contributed by atoms with E-state index in [1.807, 2.05) is 103 Å². The normalized spacial score (nSPS) is 10.1. The molecule has 1 aromatic rings.